The first-order valence-electron chi connectivity index (χ1n) is 28.5. The lowest BCUT2D eigenvalue weighted by Crippen LogP contribution is -1.99. The Balaban J connectivity index is 3.44. The molecule has 0 aromatic heterocycles. The summed E-state index contributed by atoms with van der Waals surface area (Å²) in [7, 11) is 0. The summed E-state index contributed by atoms with van der Waals surface area (Å²) in [6, 6.07) is 0. The van der Waals surface area contributed by atoms with Gasteiger partial charge in [-0.15, -0.1) is 0 Å². The summed E-state index contributed by atoms with van der Waals surface area (Å²) < 4.78 is 0. The van der Waals surface area contributed by atoms with Crippen molar-refractivity contribution >= 4 is 0 Å². The Morgan fingerprint density at radius 2 is 0.328 bits per heavy atom. The Hall–Kier alpha value is 0. The van der Waals surface area contributed by atoms with Crippen LogP contribution >= 0.6 is 0 Å². The maximum Gasteiger partial charge on any atom is -0.0241 e. The average Bonchev–Trinajstić information content (AvgIpc) is 3.23. The molecule has 0 aliphatic carbocycles. The largest absolute Gasteiger partial charge is 0.0654 e. The normalized spacial score (nSPS) is 11.8. The van der Waals surface area contributed by atoms with Crippen molar-refractivity contribution in [3.63, 3.8) is 0 Å². The Kier molecular flexibility index (Phi) is 55.0. The van der Waals surface area contributed by atoms with E-state index in [1.807, 2.05) is 5.92 Å². The van der Waals surface area contributed by atoms with Crippen LogP contribution in [0.25, 0.3) is 0 Å². The van der Waals surface area contributed by atoms with Gasteiger partial charge in [0.2, 0.25) is 0 Å². The van der Waals surface area contributed by atoms with Gasteiger partial charge >= 0.3 is 0 Å². The monoisotopic (exact) mass is 813 g/mol. The van der Waals surface area contributed by atoms with Crippen molar-refractivity contribution < 1.29 is 0 Å². The Labute approximate surface area is 372 Å². The molecule has 0 rings (SSSR count). The predicted molar refractivity (Wildman–Crippen MR) is 269 cm³/mol. The molecule has 0 bridgehead atoms. The molecule has 0 aliphatic rings. The third-order valence-corrected chi connectivity index (χ3v) is 13.8. The van der Waals surface area contributed by atoms with Crippen molar-refractivity contribution in [1.82, 2.24) is 0 Å². The molecule has 58 heavy (non-hydrogen) atoms. The highest BCUT2D eigenvalue weighted by molar-refractivity contribution is 4.89. The minimum Gasteiger partial charge on any atom is -0.0654 e. The van der Waals surface area contributed by atoms with Crippen LogP contribution in [0.5, 0.6) is 0 Å². The quantitative estimate of drug-likeness (QED) is 0.0537. The molecule has 0 spiro atoms. The highest BCUT2D eigenvalue weighted by atomic mass is 14.1. The van der Waals surface area contributed by atoms with Crippen molar-refractivity contribution in [2.45, 2.75) is 361 Å². The molecule has 0 saturated heterocycles. The molecule has 0 aromatic rings. The van der Waals surface area contributed by atoms with E-state index in [2.05, 4.69) is 20.8 Å². The van der Waals surface area contributed by atoms with Crippen LogP contribution in [0.4, 0.5) is 0 Å². The zero-order chi connectivity index (χ0) is 41.8. The summed E-state index contributed by atoms with van der Waals surface area (Å²) in [5.41, 5.74) is 0. The summed E-state index contributed by atoms with van der Waals surface area (Å²) in [4.78, 5) is 0. The smallest absolute Gasteiger partial charge is 0.0241 e. The second-order valence-electron chi connectivity index (χ2n) is 19.8. The van der Waals surface area contributed by atoms with Crippen LogP contribution in [-0.2, 0) is 0 Å². The van der Waals surface area contributed by atoms with E-state index < -0.39 is 0 Å². The van der Waals surface area contributed by atoms with Gasteiger partial charge < -0.3 is 0 Å². The summed E-state index contributed by atoms with van der Waals surface area (Å²) >= 11 is 0. The van der Waals surface area contributed by atoms with Gasteiger partial charge in [0.15, 0.2) is 0 Å². The standard InChI is InChI=1S/C58H116/c1-4-7-10-12-14-16-18-20-22-24-26-28-30-32-34-36-38-40-42-44-46-48-50-53-56-58(55-52-9-6-3)57-54-51-49-47-45-43-41-39-37-35-33-31-29-27-25-23-21-19-17-15-13-11-8-5-2/h3-57H2,1-2H3. The first kappa shape index (κ1) is 58.0. The van der Waals surface area contributed by atoms with E-state index in [9.17, 15) is 0 Å². The molecular formula is C58H116. The Morgan fingerprint density at radius 1 is 0.190 bits per heavy atom. The second kappa shape index (κ2) is 55.0. The molecule has 0 unspecified atom stereocenters. The van der Waals surface area contributed by atoms with Gasteiger partial charge in [0.25, 0.3) is 0 Å². The van der Waals surface area contributed by atoms with Crippen LogP contribution in [-0.4, -0.2) is 0 Å². The van der Waals surface area contributed by atoms with Gasteiger partial charge in [-0.2, -0.15) is 0 Å². The number of hydrogen-bond acceptors (Lipinski definition) is 0. The third-order valence-electron chi connectivity index (χ3n) is 13.8. The molecule has 0 amide bonds. The molecule has 0 saturated carbocycles. The molecule has 0 aliphatic heterocycles. The van der Waals surface area contributed by atoms with Crippen LogP contribution in [0.3, 0.4) is 0 Å². The predicted octanol–water partition coefficient (Wildman–Crippen LogP) is 22.5. The van der Waals surface area contributed by atoms with E-state index in [0.29, 0.717) is 0 Å². The van der Waals surface area contributed by atoms with E-state index in [1.54, 1.807) is 0 Å². The fourth-order valence-corrected chi connectivity index (χ4v) is 9.60. The highest BCUT2D eigenvalue weighted by Crippen LogP contribution is 2.27. The zero-order valence-corrected chi connectivity index (χ0v) is 41.4. The van der Waals surface area contributed by atoms with E-state index >= 15 is 0 Å². The van der Waals surface area contributed by atoms with E-state index in [4.69, 9.17) is 0 Å². The summed E-state index contributed by atoms with van der Waals surface area (Å²) in [6.45, 7) is 8.73. The second-order valence-corrected chi connectivity index (χ2v) is 19.8. The van der Waals surface area contributed by atoms with Crippen LogP contribution < -0.4 is 0 Å². The van der Waals surface area contributed by atoms with Gasteiger partial charge in [0, 0.05) is 0 Å². The van der Waals surface area contributed by atoms with Crippen LogP contribution in [0.2, 0.25) is 0 Å². The van der Waals surface area contributed by atoms with Crippen LogP contribution in [0.15, 0.2) is 0 Å². The lowest BCUT2D eigenvalue weighted by atomic mass is 9.89. The number of hydrogen-bond donors (Lipinski definition) is 0. The van der Waals surface area contributed by atoms with Crippen LogP contribution in [0.1, 0.15) is 361 Å². The lowest BCUT2D eigenvalue weighted by molar-refractivity contribution is 0.504. The maximum absolute atomic E-state index is 4.10. The third kappa shape index (κ3) is 52.1. The highest BCUT2D eigenvalue weighted by Gasteiger charge is 2.09. The van der Waals surface area contributed by atoms with Gasteiger partial charge in [-0.05, 0) is 25.2 Å². The molecule has 0 N–H and O–H groups in total. The van der Waals surface area contributed by atoms with E-state index in [-0.39, 0.29) is 0 Å². The van der Waals surface area contributed by atoms with Crippen molar-refractivity contribution in [2.24, 2.45) is 0 Å². The minimum absolute atomic E-state index is 1.12. The molecule has 0 aromatic carbocycles. The summed E-state index contributed by atoms with van der Waals surface area (Å²) in [5, 5.41) is 0. The van der Waals surface area contributed by atoms with Crippen molar-refractivity contribution in [2.75, 3.05) is 0 Å². The summed E-state index contributed by atoms with van der Waals surface area (Å²) in [6.07, 6.45) is 79.0. The number of rotatable bonds is 54. The maximum atomic E-state index is 4.10. The van der Waals surface area contributed by atoms with Crippen molar-refractivity contribution in [3.8, 4) is 0 Å². The lowest BCUT2D eigenvalue weighted by Gasteiger charge is -2.16. The van der Waals surface area contributed by atoms with Crippen molar-refractivity contribution in [3.05, 3.63) is 12.8 Å². The minimum atomic E-state index is 1.12. The fourth-order valence-electron chi connectivity index (χ4n) is 9.60. The molecule has 2 radical (unpaired) electrons. The van der Waals surface area contributed by atoms with Gasteiger partial charge in [0.05, 0.1) is 0 Å². The fraction of sp³-hybridized carbons (Fsp3) is 0.966. The molecule has 0 atom stereocenters. The molecular weight excluding hydrogens is 697 g/mol. The van der Waals surface area contributed by atoms with Gasteiger partial charge in [-0.3, -0.25) is 0 Å². The summed E-state index contributed by atoms with van der Waals surface area (Å²) in [5.74, 6) is 1.91. The molecule has 0 heterocycles. The molecule has 0 heteroatoms. The van der Waals surface area contributed by atoms with Crippen LogP contribution in [0, 0.1) is 12.8 Å². The average molecular weight is 814 g/mol. The molecule has 0 nitrogen and oxygen atoms in total. The van der Waals surface area contributed by atoms with Gasteiger partial charge in [-0.1, -0.05) is 348 Å². The van der Waals surface area contributed by atoms with Gasteiger partial charge in [-0.25, -0.2) is 0 Å². The number of unbranched alkanes of at least 4 members (excludes halogenated alkanes) is 48. The SMILES string of the molecule is [CH2]CCCC[C](CCCCCCCCCCCCCCCCCCCCCCCCCC)CCCCCCCCCCCCCCCCCCCCCCCCCC. The van der Waals surface area contributed by atoms with E-state index in [1.165, 1.54) is 340 Å². The van der Waals surface area contributed by atoms with Crippen molar-refractivity contribution in [1.29, 1.82) is 0 Å². The first-order chi connectivity index (χ1) is 28.8. The first-order valence-corrected chi connectivity index (χ1v) is 28.5. The van der Waals surface area contributed by atoms with Gasteiger partial charge in [0.1, 0.15) is 0 Å². The van der Waals surface area contributed by atoms with E-state index in [0.717, 1.165) is 6.42 Å². The Morgan fingerprint density at radius 3 is 0.483 bits per heavy atom. The molecule has 0 fully saturated rings. The zero-order valence-electron chi connectivity index (χ0n) is 41.4. The Bertz CT molecular complexity index is 613. The topological polar surface area (TPSA) is 0 Å². The molecule has 348 valence electrons.